The fourth-order valence-corrected chi connectivity index (χ4v) is 0.859. The van der Waals surface area contributed by atoms with E-state index in [4.69, 9.17) is 10.5 Å². The molecule has 5 heteroatoms. The topological polar surface area (TPSA) is 77.2 Å². The third-order valence-electron chi connectivity index (χ3n) is 1.76. The second-order valence-corrected chi connectivity index (χ2v) is 3.69. The monoisotopic (exact) mass is 209 g/mol. The van der Waals surface area contributed by atoms with Crippen molar-refractivity contribution in [1.82, 2.24) is 4.98 Å². The van der Waals surface area contributed by atoms with Gasteiger partial charge in [0.1, 0.15) is 11.4 Å². The van der Waals surface area contributed by atoms with Gasteiger partial charge in [0, 0.05) is 12.7 Å². The molecule has 0 radical (unpaired) electrons. The number of pyridine rings is 1. The van der Waals surface area contributed by atoms with E-state index in [0.717, 1.165) is 0 Å². The first-order chi connectivity index (χ1) is 7.03. The molecule has 0 aliphatic heterocycles. The molecule has 0 saturated heterocycles. The van der Waals surface area contributed by atoms with Crippen molar-refractivity contribution in [3.8, 4) is 0 Å². The molecule has 0 aliphatic rings. The molecule has 0 aromatic carbocycles. The van der Waals surface area contributed by atoms with Crippen LogP contribution < -0.4 is 11.1 Å². The molecule has 15 heavy (non-hydrogen) atoms. The molecule has 5 nitrogen and oxygen atoms in total. The summed E-state index contributed by atoms with van der Waals surface area (Å²) in [5, 5.41) is 2.50. The van der Waals surface area contributed by atoms with E-state index >= 15 is 0 Å². The summed E-state index contributed by atoms with van der Waals surface area (Å²) in [5.41, 5.74) is 4.76. The van der Waals surface area contributed by atoms with Crippen LogP contribution in [0.5, 0.6) is 0 Å². The molecule has 0 spiro atoms. The molecule has 1 heterocycles. The standard InChI is InChI=1S/C10H15N3O2/c1-10(2,7-11)15-9(14)13-8-5-3-4-6-12-8/h3-6H,7,11H2,1-2H3,(H,12,13,14). The summed E-state index contributed by atoms with van der Waals surface area (Å²) in [6.45, 7) is 3.75. The lowest BCUT2D eigenvalue weighted by molar-refractivity contribution is 0.0557. The highest BCUT2D eigenvalue weighted by Crippen LogP contribution is 2.09. The van der Waals surface area contributed by atoms with Crippen LogP contribution in [-0.4, -0.2) is 23.2 Å². The fourth-order valence-electron chi connectivity index (χ4n) is 0.859. The van der Waals surface area contributed by atoms with E-state index in [1.807, 2.05) is 0 Å². The predicted octanol–water partition coefficient (Wildman–Crippen LogP) is 1.37. The Labute approximate surface area is 88.6 Å². The van der Waals surface area contributed by atoms with E-state index in [1.165, 1.54) is 0 Å². The van der Waals surface area contributed by atoms with Crippen LogP contribution in [0.2, 0.25) is 0 Å². The van der Waals surface area contributed by atoms with Crippen molar-refractivity contribution in [3.05, 3.63) is 24.4 Å². The average molecular weight is 209 g/mol. The quantitative estimate of drug-likeness (QED) is 0.788. The predicted molar refractivity (Wildman–Crippen MR) is 57.5 cm³/mol. The Kier molecular flexibility index (Phi) is 3.62. The highest BCUT2D eigenvalue weighted by molar-refractivity contribution is 5.83. The number of carbonyl (C=O) groups is 1. The highest BCUT2D eigenvalue weighted by atomic mass is 16.6. The van der Waals surface area contributed by atoms with Gasteiger partial charge >= 0.3 is 6.09 Å². The van der Waals surface area contributed by atoms with Crippen molar-refractivity contribution >= 4 is 11.9 Å². The molecular formula is C10H15N3O2. The van der Waals surface area contributed by atoms with Gasteiger partial charge in [0.05, 0.1) is 0 Å². The van der Waals surface area contributed by atoms with Crippen molar-refractivity contribution in [2.75, 3.05) is 11.9 Å². The first-order valence-electron chi connectivity index (χ1n) is 4.64. The number of amides is 1. The summed E-state index contributed by atoms with van der Waals surface area (Å²) in [6, 6.07) is 5.22. The Balaban J connectivity index is 2.51. The molecule has 0 bridgehead atoms. The number of aromatic nitrogens is 1. The van der Waals surface area contributed by atoms with Gasteiger partial charge in [-0.2, -0.15) is 0 Å². The van der Waals surface area contributed by atoms with Gasteiger partial charge in [0.15, 0.2) is 0 Å². The SMILES string of the molecule is CC(C)(CN)OC(=O)Nc1ccccn1. The minimum atomic E-state index is -0.668. The number of nitrogens with two attached hydrogens (primary N) is 1. The van der Waals surface area contributed by atoms with Gasteiger partial charge in [-0.15, -0.1) is 0 Å². The third-order valence-corrected chi connectivity index (χ3v) is 1.76. The second kappa shape index (κ2) is 4.75. The van der Waals surface area contributed by atoms with E-state index in [-0.39, 0.29) is 6.54 Å². The van der Waals surface area contributed by atoms with E-state index < -0.39 is 11.7 Å². The lowest BCUT2D eigenvalue weighted by atomic mass is 10.1. The fraction of sp³-hybridized carbons (Fsp3) is 0.400. The largest absolute Gasteiger partial charge is 0.442 e. The minimum absolute atomic E-state index is 0.267. The number of nitrogens with one attached hydrogen (secondary N) is 1. The number of ether oxygens (including phenoxy) is 1. The zero-order valence-corrected chi connectivity index (χ0v) is 8.86. The first-order valence-corrected chi connectivity index (χ1v) is 4.64. The van der Waals surface area contributed by atoms with Crippen molar-refractivity contribution in [2.45, 2.75) is 19.4 Å². The smallest absolute Gasteiger partial charge is 0.413 e. The molecule has 0 fully saturated rings. The molecule has 1 amide bonds. The Morgan fingerprint density at radius 2 is 2.33 bits per heavy atom. The number of nitrogens with zero attached hydrogens (tertiary/aromatic N) is 1. The Morgan fingerprint density at radius 3 is 2.87 bits per heavy atom. The summed E-state index contributed by atoms with van der Waals surface area (Å²) in [4.78, 5) is 15.3. The number of anilines is 1. The molecule has 3 N–H and O–H groups in total. The molecule has 82 valence electrons. The van der Waals surface area contributed by atoms with Crippen LogP contribution in [0.4, 0.5) is 10.6 Å². The van der Waals surface area contributed by atoms with Crippen molar-refractivity contribution < 1.29 is 9.53 Å². The van der Waals surface area contributed by atoms with E-state index in [9.17, 15) is 4.79 Å². The number of carbonyl (C=O) groups excluding carboxylic acids is 1. The summed E-state index contributed by atoms with van der Waals surface area (Å²) in [7, 11) is 0. The highest BCUT2D eigenvalue weighted by Gasteiger charge is 2.20. The van der Waals surface area contributed by atoms with Gasteiger partial charge in [-0.1, -0.05) is 6.07 Å². The van der Waals surface area contributed by atoms with Crippen LogP contribution in [0.1, 0.15) is 13.8 Å². The van der Waals surface area contributed by atoms with Crippen LogP contribution in [0.25, 0.3) is 0 Å². The molecule has 0 saturated carbocycles. The van der Waals surface area contributed by atoms with E-state index in [0.29, 0.717) is 5.82 Å². The van der Waals surface area contributed by atoms with Crippen LogP contribution in [0, 0.1) is 0 Å². The summed E-state index contributed by atoms with van der Waals surface area (Å²) in [6.07, 6.45) is 1.04. The summed E-state index contributed by atoms with van der Waals surface area (Å²) < 4.78 is 5.08. The third kappa shape index (κ3) is 3.95. The molecular weight excluding hydrogens is 194 g/mol. The lowest BCUT2D eigenvalue weighted by Crippen LogP contribution is -2.37. The summed E-state index contributed by atoms with van der Waals surface area (Å²) in [5.74, 6) is 0.454. The number of hydrogen-bond donors (Lipinski definition) is 2. The van der Waals surface area contributed by atoms with Gasteiger partial charge in [-0.3, -0.25) is 5.32 Å². The van der Waals surface area contributed by atoms with Gasteiger partial charge in [-0.05, 0) is 26.0 Å². The molecule has 1 aromatic heterocycles. The maximum Gasteiger partial charge on any atom is 0.413 e. The van der Waals surface area contributed by atoms with E-state index in [1.54, 1.807) is 38.2 Å². The lowest BCUT2D eigenvalue weighted by Gasteiger charge is -2.22. The first kappa shape index (κ1) is 11.5. The maximum absolute atomic E-state index is 11.4. The van der Waals surface area contributed by atoms with Crippen molar-refractivity contribution in [3.63, 3.8) is 0 Å². The van der Waals surface area contributed by atoms with Crippen molar-refractivity contribution in [1.29, 1.82) is 0 Å². The molecule has 1 aromatic rings. The minimum Gasteiger partial charge on any atom is -0.442 e. The normalized spacial score (nSPS) is 10.9. The Morgan fingerprint density at radius 1 is 1.60 bits per heavy atom. The van der Waals surface area contributed by atoms with Gasteiger partial charge in [0.25, 0.3) is 0 Å². The van der Waals surface area contributed by atoms with Crippen LogP contribution in [0.15, 0.2) is 24.4 Å². The number of hydrogen-bond acceptors (Lipinski definition) is 4. The van der Waals surface area contributed by atoms with Gasteiger partial charge in [-0.25, -0.2) is 9.78 Å². The molecule has 0 atom stereocenters. The van der Waals surface area contributed by atoms with Gasteiger partial charge < -0.3 is 10.5 Å². The Bertz CT molecular complexity index is 325. The molecule has 0 unspecified atom stereocenters. The molecule has 0 aliphatic carbocycles. The van der Waals surface area contributed by atoms with Gasteiger partial charge in [0.2, 0.25) is 0 Å². The Hall–Kier alpha value is -1.62. The maximum atomic E-state index is 11.4. The second-order valence-electron chi connectivity index (χ2n) is 3.69. The zero-order chi connectivity index (χ0) is 11.3. The average Bonchev–Trinajstić information content (AvgIpc) is 2.18. The number of rotatable bonds is 3. The van der Waals surface area contributed by atoms with Crippen LogP contribution in [-0.2, 0) is 4.74 Å². The zero-order valence-electron chi connectivity index (χ0n) is 8.86. The summed E-state index contributed by atoms with van der Waals surface area (Å²) >= 11 is 0. The van der Waals surface area contributed by atoms with E-state index in [2.05, 4.69) is 10.3 Å². The van der Waals surface area contributed by atoms with Crippen LogP contribution >= 0.6 is 0 Å². The van der Waals surface area contributed by atoms with Crippen molar-refractivity contribution in [2.24, 2.45) is 5.73 Å². The van der Waals surface area contributed by atoms with Crippen LogP contribution in [0.3, 0.4) is 0 Å². The molecule has 1 rings (SSSR count).